The summed E-state index contributed by atoms with van der Waals surface area (Å²) in [5, 5.41) is -0.265. The van der Waals surface area contributed by atoms with Crippen LogP contribution in [-0.2, 0) is 9.84 Å². The van der Waals surface area contributed by atoms with E-state index in [0.29, 0.717) is 33.0 Å². The van der Waals surface area contributed by atoms with Gasteiger partial charge in [-0.2, -0.15) is 0 Å². The number of anilines is 1. The highest BCUT2D eigenvalue weighted by Crippen LogP contribution is 2.44. The average molecular weight is 505 g/mol. The van der Waals surface area contributed by atoms with E-state index in [-0.39, 0.29) is 28.4 Å². The maximum absolute atomic E-state index is 13.6. The van der Waals surface area contributed by atoms with Crippen LogP contribution in [0.4, 0.5) is 11.5 Å². The lowest BCUT2D eigenvalue weighted by Gasteiger charge is -2.26. The number of carbonyl (C=O) groups is 1. The average Bonchev–Trinajstić information content (AvgIpc) is 3.45. The highest BCUT2D eigenvalue weighted by molar-refractivity contribution is 7.99. The minimum Gasteiger partial charge on any atom is -0.382 e. The van der Waals surface area contributed by atoms with Gasteiger partial charge in [0.05, 0.1) is 46.3 Å². The van der Waals surface area contributed by atoms with Crippen LogP contribution in [0.2, 0.25) is 0 Å². The van der Waals surface area contributed by atoms with E-state index in [4.69, 9.17) is 12.3 Å². The highest BCUT2D eigenvalue weighted by atomic mass is 32.2. The Morgan fingerprint density at radius 3 is 2.80 bits per heavy atom. The number of aromatic nitrogens is 3. The molecule has 0 saturated heterocycles. The molecule has 11 heteroatoms. The maximum atomic E-state index is 13.6. The topological polar surface area (TPSA) is 115 Å². The molecule has 1 aliphatic heterocycles. The number of fused-ring (bicyclic) bond motifs is 4. The molecule has 4 aromatic rings. The van der Waals surface area contributed by atoms with Crippen LogP contribution in [0, 0.1) is 6.57 Å². The van der Waals surface area contributed by atoms with E-state index in [1.165, 1.54) is 0 Å². The molecule has 2 aromatic heterocycles. The molecule has 6 rings (SSSR count). The van der Waals surface area contributed by atoms with Crippen molar-refractivity contribution in [3.63, 3.8) is 0 Å². The van der Waals surface area contributed by atoms with Crippen molar-refractivity contribution in [1.82, 2.24) is 19.3 Å². The van der Waals surface area contributed by atoms with Crippen molar-refractivity contribution in [2.75, 3.05) is 18.5 Å². The van der Waals surface area contributed by atoms with Gasteiger partial charge in [0.2, 0.25) is 11.6 Å². The van der Waals surface area contributed by atoms with Crippen molar-refractivity contribution < 1.29 is 13.2 Å². The Morgan fingerprint density at radius 2 is 2.06 bits per heavy atom. The van der Waals surface area contributed by atoms with Crippen LogP contribution < -0.4 is 5.73 Å². The van der Waals surface area contributed by atoms with Crippen LogP contribution >= 0.6 is 11.8 Å². The molecule has 2 aliphatic rings. The van der Waals surface area contributed by atoms with Gasteiger partial charge < -0.3 is 10.6 Å². The molecule has 0 radical (unpaired) electrons. The number of sulfone groups is 1. The summed E-state index contributed by atoms with van der Waals surface area (Å²) >= 11 is 1.54. The van der Waals surface area contributed by atoms with E-state index in [0.717, 1.165) is 23.3 Å². The second-order valence-electron chi connectivity index (χ2n) is 8.80. The molecule has 0 unspecified atom stereocenters. The summed E-state index contributed by atoms with van der Waals surface area (Å²) in [6.45, 7) is 7.64. The fourth-order valence-electron chi connectivity index (χ4n) is 4.55. The van der Waals surface area contributed by atoms with Crippen molar-refractivity contribution in [1.29, 1.82) is 0 Å². The second kappa shape index (κ2) is 7.69. The predicted octanol–water partition coefficient (Wildman–Crippen LogP) is 3.87. The minimum absolute atomic E-state index is 0.192. The van der Waals surface area contributed by atoms with Crippen molar-refractivity contribution in [2.24, 2.45) is 0 Å². The first-order chi connectivity index (χ1) is 16.8. The Bertz CT molecular complexity index is 1700. The lowest BCUT2D eigenvalue weighted by atomic mass is 10.0. The lowest BCUT2D eigenvalue weighted by Crippen LogP contribution is -2.31. The molecular formula is C24H20N6O3S2. The van der Waals surface area contributed by atoms with Crippen LogP contribution in [0.5, 0.6) is 0 Å². The van der Waals surface area contributed by atoms with Gasteiger partial charge in [0.1, 0.15) is 11.3 Å². The highest BCUT2D eigenvalue weighted by Gasteiger charge is 2.38. The molecule has 1 atom stereocenters. The Balaban J connectivity index is 1.38. The maximum Gasteiger partial charge on any atom is 0.243 e. The van der Waals surface area contributed by atoms with Crippen LogP contribution in [0.15, 0.2) is 52.6 Å². The summed E-state index contributed by atoms with van der Waals surface area (Å²) in [5.41, 5.74) is 9.16. The molecule has 1 amide bonds. The number of hydrogen-bond donors (Lipinski definition) is 1. The number of nitrogen functional groups attached to an aromatic ring is 1. The van der Waals surface area contributed by atoms with E-state index in [2.05, 4.69) is 14.8 Å². The van der Waals surface area contributed by atoms with Crippen molar-refractivity contribution in [3.05, 3.63) is 65.4 Å². The van der Waals surface area contributed by atoms with Crippen LogP contribution in [-0.4, -0.2) is 51.6 Å². The largest absolute Gasteiger partial charge is 0.382 e. The summed E-state index contributed by atoms with van der Waals surface area (Å²) in [5.74, 6) is 0.607. The van der Waals surface area contributed by atoms with Gasteiger partial charge >= 0.3 is 0 Å². The molecule has 9 nitrogen and oxygen atoms in total. The molecule has 0 spiro atoms. The Morgan fingerprint density at radius 1 is 1.26 bits per heavy atom. The van der Waals surface area contributed by atoms with E-state index in [1.54, 1.807) is 64.9 Å². The molecule has 0 bridgehead atoms. The van der Waals surface area contributed by atoms with Gasteiger partial charge in [0.15, 0.2) is 9.84 Å². The van der Waals surface area contributed by atoms with E-state index in [1.807, 2.05) is 6.07 Å². The second-order valence-corrected chi connectivity index (χ2v) is 12.1. The predicted molar refractivity (Wildman–Crippen MR) is 133 cm³/mol. The zero-order chi connectivity index (χ0) is 24.5. The van der Waals surface area contributed by atoms with Crippen LogP contribution in [0.1, 0.15) is 34.8 Å². The molecule has 176 valence electrons. The van der Waals surface area contributed by atoms with Gasteiger partial charge in [-0.1, -0.05) is 6.07 Å². The van der Waals surface area contributed by atoms with Crippen molar-refractivity contribution >= 4 is 55.6 Å². The molecular weight excluding hydrogens is 484 g/mol. The number of amides is 1. The Labute approximate surface area is 205 Å². The third-order valence-electron chi connectivity index (χ3n) is 6.67. The monoisotopic (exact) mass is 504 g/mol. The Hall–Kier alpha value is -3.62. The minimum atomic E-state index is -3.28. The first-order valence-corrected chi connectivity index (χ1v) is 13.5. The number of thioether (sulfide) groups is 1. The fraction of sp³-hybridized carbons (Fsp3) is 0.250. The number of hydrogen-bond acceptors (Lipinski definition) is 7. The number of nitrogens with zero attached hydrogens (tertiary/aromatic N) is 5. The zero-order valence-electron chi connectivity index (χ0n) is 18.7. The van der Waals surface area contributed by atoms with E-state index < -0.39 is 9.84 Å². The molecule has 2 aromatic carbocycles. The third kappa shape index (κ3) is 3.36. The standard InChI is InChI=1S/C24H20N6O3S2/c1-26-17-9-18-19(30-12-27-10-20(30)23(25)28-18)8-16(17)24(31)29(2)21-11-34-22-7-14(5-6-15(21)22)35(32,33)13-3-4-13/h5-10,12-13,21H,3-4,11H2,2H3,(H2,25,28)/t21-/m1/s1. The summed E-state index contributed by atoms with van der Waals surface area (Å²) < 4.78 is 27.1. The van der Waals surface area contributed by atoms with E-state index in [9.17, 15) is 13.2 Å². The lowest BCUT2D eigenvalue weighted by molar-refractivity contribution is 0.0747. The summed E-state index contributed by atoms with van der Waals surface area (Å²) in [7, 11) is -1.57. The first-order valence-electron chi connectivity index (χ1n) is 11.0. The van der Waals surface area contributed by atoms with Gasteiger partial charge in [-0.3, -0.25) is 9.20 Å². The quantitative estimate of drug-likeness (QED) is 0.420. The normalized spacial score (nSPS) is 17.4. The zero-order valence-corrected chi connectivity index (χ0v) is 20.3. The summed E-state index contributed by atoms with van der Waals surface area (Å²) in [6, 6.07) is 8.20. The van der Waals surface area contributed by atoms with Crippen molar-refractivity contribution in [3.8, 4) is 0 Å². The van der Waals surface area contributed by atoms with Gasteiger partial charge in [-0.15, -0.1) is 11.8 Å². The third-order valence-corrected chi connectivity index (χ3v) is 10.1. The van der Waals surface area contributed by atoms with Gasteiger partial charge in [-0.05, 0) is 42.7 Å². The molecule has 1 saturated carbocycles. The number of nitrogens with two attached hydrogens (primary N) is 1. The number of imidazole rings is 1. The van der Waals surface area contributed by atoms with Crippen LogP contribution in [0.3, 0.4) is 0 Å². The van der Waals surface area contributed by atoms with Gasteiger partial charge in [0.25, 0.3) is 0 Å². The first kappa shape index (κ1) is 21.9. The van der Waals surface area contributed by atoms with E-state index >= 15 is 0 Å². The fourth-order valence-corrected chi connectivity index (χ4v) is 7.63. The number of rotatable bonds is 4. The smallest absolute Gasteiger partial charge is 0.243 e. The van der Waals surface area contributed by atoms with Gasteiger partial charge in [0, 0.05) is 23.3 Å². The van der Waals surface area contributed by atoms with Gasteiger partial charge in [-0.25, -0.2) is 23.2 Å². The SMILES string of the molecule is [C-]#[N+]c1cc2nc(N)c3cncn3c2cc1C(=O)N(C)[C@@H]1CSc2cc(S(=O)(=O)C3CC3)ccc21. The molecule has 1 aliphatic carbocycles. The van der Waals surface area contributed by atoms with Crippen LogP contribution in [0.25, 0.3) is 21.4 Å². The molecule has 35 heavy (non-hydrogen) atoms. The number of carbonyl (C=O) groups excluding carboxylic acids is 1. The Kier molecular flexibility index (Phi) is 4.81. The summed E-state index contributed by atoms with van der Waals surface area (Å²) in [4.78, 5) is 28.6. The molecule has 2 N–H and O–H groups in total. The van der Waals surface area contributed by atoms with Crippen molar-refractivity contribution in [2.45, 2.75) is 33.9 Å². The summed E-state index contributed by atoms with van der Waals surface area (Å²) in [6.07, 6.45) is 4.63. The molecule has 1 fully saturated rings. The number of benzene rings is 2. The molecule has 3 heterocycles.